The molecule has 0 spiro atoms. The van der Waals surface area contributed by atoms with E-state index in [1.807, 2.05) is 0 Å². The van der Waals surface area contributed by atoms with Crippen molar-refractivity contribution in [1.82, 2.24) is 15.4 Å². The van der Waals surface area contributed by atoms with Crippen LogP contribution in [0.3, 0.4) is 0 Å². The largest absolute Gasteiger partial charge is 0.364 e. The summed E-state index contributed by atoms with van der Waals surface area (Å²) in [5, 5.41) is 7.05. The van der Waals surface area contributed by atoms with E-state index in [4.69, 9.17) is 23.4 Å². The lowest BCUT2D eigenvalue weighted by Gasteiger charge is -2.22. The van der Waals surface area contributed by atoms with E-state index in [1.54, 1.807) is 6.08 Å². The number of hydrogen-bond donors (Lipinski definition) is 2. The molecule has 1 aliphatic heterocycles. The van der Waals surface area contributed by atoms with Gasteiger partial charge in [-0.3, -0.25) is 0 Å². The predicted molar refractivity (Wildman–Crippen MR) is 50.4 cm³/mol. The van der Waals surface area contributed by atoms with Gasteiger partial charge in [-0.2, -0.15) is 9.63 Å². The molecule has 0 saturated heterocycles. The van der Waals surface area contributed by atoms with Crippen molar-refractivity contribution in [3.8, 4) is 0 Å². The summed E-state index contributed by atoms with van der Waals surface area (Å²) in [6, 6.07) is 0. The summed E-state index contributed by atoms with van der Waals surface area (Å²) in [4.78, 5) is 0. The highest BCUT2D eigenvalue weighted by atomic mass is 35.5. The fourth-order valence-electron chi connectivity index (χ4n) is 0.664. The molecule has 12 heavy (non-hydrogen) atoms. The number of hydrazone groups is 1. The van der Waals surface area contributed by atoms with Gasteiger partial charge in [0.1, 0.15) is 5.03 Å². The van der Waals surface area contributed by atoms with Crippen LogP contribution in [0, 0.1) is 0 Å². The zero-order valence-corrected chi connectivity index (χ0v) is 7.73. The predicted octanol–water partition coefficient (Wildman–Crippen LogP) is 1.13. The number of nitrogens with one attached hydrogen (secondary N) is 2. The molecule has 0 aliphatic carbocycles. The van der Waals surface area contributed by atoms with E-state index in [1.165, 1.54) is 10.7 Å². The number of nitrogens with zero attached hydrogens (tertiary/aromatic N) is 2. The minimum Gasteiger partial charge on any atom is -0.364 e. The molecule has 0 aromatic rings. The summed E-state index contributed by atoms with van der Waals surface area (Å²) in [7, 11) is 0. The number of rotatable bonds is 3. The summed E-state index contributed by atoms with van der Waals surface area (Å²) < 4.78 is 1.17. The van der Waals surface area contributed by atoms with Gasteiger partial charge in [0.15, 0.2) is 5.82 Å². The molecule has 1 heterocycles. The third-order valence-electron chi connectivity index (χ3n) is 1.16. The second-order valence-electron chi connectivity index (χ2n) is 2.01. The molecule has 0 unspecified atom stereocenters. The maximum absolute atomic E-state index is 5.78. The molecule has 66 valence electrons. The Labute approximate surface area is 80.6 Å². The van der Waals surface area contributed by atoms with Gasteiger partial charge in [0.05, 0.1) is 6.21 Å². The monoisotopic (exact) mass is 206 g/mol. The Bertz CT molecular complexity index is 236. The van der Waals surface area contributed by atoms with Crippen LogP contribution in [-0.4, -0.2) is 17.3 Å². The molecule has 0 bridgehead atoms. The van der Waals surface area contributed by atoms with Crippen LogP contribution in [0.4, 0.5) is 0 Å². The van der Waals surface area contributed by atoms with E-state index in [0.29, 0.717) is 17.4 Å². The molecule has 6 heteroatoms. The zero-order valence-electron chi connectivity index (χ0n) is 6.22. The normalized spacial score (nSPS) is 16.0. The molecule has 0 aromatic heterocycles. The molecular formula is C6H8Cl2N4. The van der Waals surface area contributed by atoms with Crippen LogP contribution >= 0.6 is 23.4 Å². The highest BCUT2D eigenvalue weighted by molar-refractivity contribution is 6.40. The zero-order chi connectivity index (χ0) is 8.97. The third kappa shape index (κ3) is 2.06. The Hall–Kier alpha value is -0.870. The van der Waals surface area contributed by atoms with Crippen molar-refractivity contribution in [1.29, 1.82) is 0 Å². The lowest BCUT2D eigenvalue weighted by Crippen LogP contribution is -2.36. The second-order valence-corrected chi connectivity index (χ2v) is 2.75. The molecular weight excluding hydrogens is 199 g/mol. The smallest absolute Gasteiger partial charge is 0.161 e. The standard InChI is InChI=1S/C6H8Cl2N4/c1-2-3-9-6-5(7)4-10-11-12(6)8/h2,4,9,11H,1,3H2. The van der Waals surface area contributed by atoms with E-state index >= 15 is 0 Å². The van der Waals surface area contributed by atoms with Gasteiger partial charge in [-0.25, -0.2) is 5.53 Å². The van der Waals surface area contributed by atoms with Crippen LogP contribution < -0.4 is 10.9 Å². The molecule has 0 amide bonds. The highest BCUT2D eigenvalue weighted by Crippen LogP contribution is 2.13. The summed E-state index contributed by atoms with van der Waals surface area (Å²) in [5.41, 5.74) is 2.50. The fourth-order valence-corrected chi connectivity index (χ4v) is 1.10. The van der Waals surface area contributed by atoms with Gasteiger partial charge in [0, 0.05) is 18.3 Å². The van der Waals surface area contributed by atoms with Crippen molar-refractivity contribution in [2.75, 3.05) is 6.54 Å². The summed E-state index contributed by atoms with van der Waals surface area (Å²) >= 11 is 11.5. The van der Waals surface area contributed by atoms with Crippen LogP contribution in [0.15, 0.2) is 28.6 Å². The average Bonchev–Trinajstić information content (AvgIpc) is 2.04. The number of allylic oxidation sites excluding steroid dienone is 1. The summed E-state index contributed by atoms with van der Waals surface area (Å²) in [5.74, 6) is 0.563. The van der Waals surface area contributed by atoms with Crippen LogP contribution in [-0.2, 0) is 0 Å². The van der Waals surface area contributed by atoms with E-state index in [9.17, 15) is 0 Å². The Morgan fingerprint density at radius 2 is 2.58 bits per heavy atom. The van der Waals surface area contributed by atoms with E-state index in [2.05, 4.69) is 22.5 Å². The van der Waals surface area contributed by atoms with Crippen LogP contribution in [0.5, 0.6) is 0 Å². The van der Waals surface area contributed by atoms with Crippen molar-refractivity contribution >= 4 is 29.6 Å². The second kappa shape index (κ2) is 4.23. The molecule has 1 aliphatic rings. The van der Waals surface area contributed by atoms with Crippen molar-refractivity contribution in [3.05, 3.63) is 23.5 Å². The minimum absolute atomic E-state index is 0.450. The van der Waals surface area contributed by atoms with Crippen molar-refractivity contribution in [3.63, 3.8) is 0 Å². The lowest BCUT2D eigenvalue weighted by molar-refractivity contribution is 0.389. The Balaban J connectivity index is 2.67. The van der Waals surface area contributed by atoms with Gasteiger partial charge >= 0.3 is 0 Å². The topological polar surface area (TPSA) is 39.7 Å². The molecule has 0 radical (unpaired) electrons. The van der Waals surface area contributed by atoms with Gasteiger partial charge in [0.25, 0.3) is 0 Å². The quantitative estimate of drug-likeness (QED) is 0.538. The first kappa shape index (κ1) is 9.22. The minimum atomic E-state index is 0.450. The van der Waals surface area contributed by atoms with Gasteiger partial charge in [-0.05, 0) is 0 Å². The van der Waals surface area contributed by atoms with E-state index in [-0.39, 0.29) is 0 Å². The molecule has 0 aromatic carbocycles. The number of halogens is 2. The molecule has 4 nitrogen and oxygen atoms in total. The fraction of sp³-hybridized carbons (Fsp3) is 0.167. The van der Waals surface area contributed by atoms with Gasteiger partial charge < -0.3 is 5.32 Å². The third-order valence-corrected chi connectivity index (χ3v) is 1.68. The SMILES string of the molecule is C=CCNC1=C(Cl)C=NNN1Cl. The molecule has 0 saturated carbocycles. The van der Waals surface area contributed by atoms with E-state index < -0.39 is 0 Å². The highest BCUT2D eigenvalue weighted by Gasteiger charge is 2.12. The van der Waals surface area contributed by atoms with Crippen LogP contribution in [0.1, 0.15) is 0 Å². The van der Waals surface area contributed by atoms with E-state index in [0.717, 1.165) is 0 Å². The first-order valence-corrected chi connectivity index (χ1v) is 3.96. The molecule has 2 N–H and O–H groups in total. The van der Waals surface area contributed by atoms with Gasteiger partial charge in [-0.1, -0.05) is 17.7 Å². The first-order valence-electron chi connectivity index (χ1n) is 3.25. The average molecular weight is 207 g/mol. The van der Waals surface area contributed by atoms with Gasteiger partial charge in [0.2, 0.25) is 0 Å². The molecule has 1 rings (SSSR count). The first-order chi connectivity index (χ1) is 5.75. The number of hydrogen-bond acceptors (Lipinski definition) is 4. The van der Waals surface area contributed by atoms with Crippen molar-refractivity contribution in [2.45, 2.75) is 0 Å². The lowest BCUT2D eigenvalue weighted by atomic mass is 10.5. The Kier molecular flexibility index (Phi) is 3.25. The summed E-state index contributed by atoms with van der Waals surface area (Å²) in [6.45, 7) is 4.14. The summed E-state index contributed by atoms with van der Waals surface area (Å²) in [6.07, 6.45) is 3.17. The number of hydrazine groups is 1. The van der Waals surface area contributed by atoms with Crippen molar-refractivity contribution < 1.29 is 0 Å². The molecule has 0 atom stereocenters. The van der Waals surface area contributed by atoms with Crippen LogP contribution in [0.2, 0.25) is 0 Å². The Morgan fingerprint density at radius 1 is 1.83 bits per heavy atom. The Morgan fingerprint density at radius 3 is 3.17 bits per heavy atom. The van der Waals surface area contributed by atoms with Crippen LogP contribution in [0.25, 0.3) is 0 Å². The maximum atomic E-state index is 5.78. The van der Waals surface area contributed by atoms with Gasteiger partial charge in [-0.15, -0.1) is 6.58 Å². The maximum Gasteiger partial charge on any atom is 0.161 e. The van der Waals surface area contributed by atoms with Crippen molar-refractivity contribution in [2.24, 2.45) is 5.10 Å². The molecule has 0 fully saturated rings.